The quantitative estimate of drug-likeness (QED) is 0.0681. The van der Waals surface area contributed by atoms with Gasteiger partial charge in [0.15, 0.2) is 11.5 Å². The monoisotopic (exact) mass is 792 g/mol. The third kappa shape index (κ3) is 12.8. The minimum atomic E-state index is -0.385. The van der Waals surface area contributed by atoms with Crippen molar-refractivity contribution < 1.29 is 57.4 Å². The molecule has 0 aromatic heterocycles. The van der Waals surface area contributed by atoms with Gasteiger partial charge in [0.2, 0.25) is 5.78 Å². The Morgan fingerprint density at radius 2 is 1.19 bits per heavy atom. The Hall–Kier alpha value is -4.94. The normalized spacial score (nSPS) is 15.6. The number of amides is 2. The first-order valence-electron chi connectivity index (χ1n) is 18.9. The maximum absolute atomic E-state index is 13.9. The van der Waals surface area contributed by atoms with E-state index in [0.29, 0.717) is 102 Å². The molecule has 2 aliphatic rings. The molecule has 308 valence electrons. The van der Waals surface area contributed by atoms with Crippen LogP contribution in [-0.4, -0.2) is 148 Å². The molecule has 1 saturated heterocycles. The number of nitrogens with one attached hydrogen (secondary N) is 3. The van der Waals surface area contributed by atoms with Crippen LogP contribution in [0, 0.1) is 0 Å². The van der Waals surface area contributed by atoms with Crippen LogP contribution >= 0.6 is 0 Å². The number of rotatable bonds is 26. The number of ether oxygens (including phenoxy) is 8. The Balaban J connectivity index is 1.06. The van der Waals surface area contributed by atoms with Gasteiger partial charge in [-0.15, -0.1) is 0 Å². The summed E-state index contributed by atoms with van der Waals surface area (Å²) < 4.78 is 44.1. The zero-order valence-corrected chi connectivity index (χ0v) is 32.4. The van der Waals surface area contributed by atoms with Crippen LogP contribution in [0.1, 0.15) is 47.8 Å². The van der Waals surface area contributed by atoms with E-state index in [-0.39, 0.29) is 66.6 Å². The third-order valence-electron chi connectivity index (χ3n) is 9.10. The van der Waals surface area contributed by atoms with E-state index in [1.54, 1.807) is 48.7 Å². The number of hydrogen-bond donors (Lipinski definition) is 4. The molecule has 0 radical (unpaired) electrons. The van der Waals surface area contributed by atoms with Crippen molar-refractivity contribution in [2.24, 2.45) is 4.99 Å². The molecule has 3 aromatic carbocycles. The van der Waals surface area contributed by atoms with Crippen LogP contribution < -0.4 is 30.2 Å². The largest absolute Gasteiger partial charge is 0.493 e. The fourth-order valence-electron chi connectivity index (χ4n) is 6.16. The molecule has 2 amide bonds. The van der Waals surface area contributed by atoms with Gasteiger partial charge >= 0.3 is 0 Å². The molecule has 0 spiro atoms. The molecular weight excluding hydrogens is 740 g/mol. The smallest absolute Gasteiger partial charge is 0.251 e. The minimum absolute atomic E-state index is 0.00597. The second-order valence-electron chi connectivity index (χ2n) is 12.9. The fourth-order valence-corrected chi connectivity index (χ4v) is 6.16. The van der Waals surface area contributed by atoms with Crippen LogP contribution in [0.2, 0.25) is 0 Å². The van der Waals surface area contributed by atoms with E-state index in [0.717, 1.165) is 11.1 Å². The number of methoxy groups -OCH3 is 2. The number of carbonyl (C=O) groups is 3. The lowest BCUT2D eigenvalue weighted by atomic mass is 9.99. The number of aliphatic imine (C=N–C) groups is 1. The lowest BCUT2D eigenvalue weighted by Gasteiger charge is -2.21. The zero-order valence-electron chi connectivity index (χ0n) is 32.4. The molecule has 57 heavy (non-hydrogen) atoms. The van der Waals surface area contributed by atoms with Crippen molar-refractivity contribution in [1.29, 1.82) is 0 Å². The van der Waals surface area contributed by atoms with E-state index in [1.807, 2.05) is 12.1 Å². The average molecular weight is 793 g/mol. The van der Waals surface area contributed by atoms with Gasteiger partial charge in [-0.3, -0.25) is 19.4 Å². The summed E-state index contributed by atoms with van der Waals surface area (Å²) in [5.41, 5.74) is 3.40. The van der Waals surface area contributed by atoms with Gasteiger partial charge in [-0.2, -0.15) is 0 Å². The first-order valence-corrected chi connectivity index (χ1v) is 18.9. The second kappa shape index (κ2) is 23.3. The maximum Gasteiger partial charge on any atom is 0.251 e. The first kappa shape index (κ1) is 43.2. The Bertz CT molecular complexity index is 1790. The highest BCUT2D eigenvalue weighted by molar-refractivity contribution is 6.13. The van der Waals surface area contributed by atoms with Crippen molar-refractivity contribution in [1.82, 2.24) is 16.0 Å². The summed E-state index contributed by atoms with van der Waals surface area (Å²) in [6, 6.07) is 14.4. The van der Waals surface area contributed by atoms with E-state index in [4.69, 9.17) is 43.0 Å². The maximum atomic E-state index is 13.9. The molecular formula is C41H52N4O12. The average Bonchev–Trinajstić information content (AvgIpc) is 3.90. The van der Waals surface area contributed by atoms with Crippen LogP contribution in [0.25, 0.3) is 0 Å². The molecule has 0 bridgehead atoms. The minimum Gasteiger partial charge on any atom is -0.493 e. The van der Waals surface area contributed by atoms with Gasteiger partial charge < -0.3 is 59.0 Å². The molecule has 16 heteroatoms. The SMILES string of the molecule is COc1ccc(OCCOCCOCCOCCOCCOCCO)c(C(=O)c2ccc(C(=O)N[C@@H]3CNC[C@H]3NC(=O)c3ccc4c(c3)CN=C4)cc2)c1OC. The second-order valence-corrected chi connectivity index (χ2v) is 12.9. The van der Waals surface area contributed by atoms with E-state index < -0.39 is 0 Å². The van der Waals surface area contributed by atoms with Gasteiger partial charge in [0.1, 0.15) is 17.9 Å². The lowest BCUT2D eigenvalue weighted by molar-refractivity contribution is -0.0146. The first-order chi connectivity index (χ1) is 27.9. The highest BCUT2D eigenvalue weighted by Crippen LogP contribution is 2.39. The Kier molecular flexibility index (Phi) is 17.7. The predicted molar refractivity (Wildman–Crippen MR) is 209 cm³/mol. The van der Waals surface area contributed by atoms with Gasteiger partial charge in [0, 0.05) is 36.0 Å². The highest BCUT2D eigenvalue weighted by Gasteiger charge is 2.31. The summed E-state index contributed by atoms with van der Waals surface area (Å²) >= 11 is 0. The van der Waals surface area contributed by atoms with Crippen LogP contribution in [0.3, 0.4) is 0 Å². The third-order valence-corrected chi connectivity index (χ3v) is 9.10. The molecule has 4 N–H and O–H groups in total. The molecule has 2 heterocycles. The number of aliphatic hydroxyl groups excluding tert-OH is 1. The van der Waals surface area contributed by atoms with Gasteiger partial charge in [-0.05, 0) is 47.5 Å². The van der Waals surface area contributed by atoms with E-state index in [2.05, 4.69) is 20.9 Å². The van der Waals surface area contributed by atoms with E-state index in [1.165, 1.54) is 14.2 Å². The van der Waals surface area contributed by atoms with Gasteiger partial charge in [0.25, 0.3) is 11.8 Å². The van der Waals surface area contributed by atoms with E-state index >= 15 is 0 Å². The van der Waals surface area contributed by atoms with Crippen LogP contribution in [0.15, 0.2) is 59.6 Å². The van der Waals surface area contributed by atoms with Crippen LogP contribution in [0.4, 0.5) is 0 Å². The standard InChI is InChI=1S/C41H52N4O12/c1-50-36-10-9-35(57-22-21-56-20-19-55-18-17-54-16-15-53-14-13-52-12-11-46)37(39(36)51-2)38(47)28-3-5-29(6-4-28)40(48)44-33-26-43-27-34(33)45-41(49)30-7-8-31-24-42-25-32(31)23-30/h3-10,23-24,33-34,43,46H,11-22,25-27H2,1-2H3,(H,44,48)(H,45,49)/t33-,34-/m1/s1. The number of benzene rings is 3. The fraction of sp³-hybridized carbons (Fsp3) is 0.463. The van der Waals surface area contributed by atoms with E-state index in [9.17, 15) is 14.4 Å². The van der Waals surface area contributed by atoms with Crippen molar-refractivity contribution in [2.75, 3.05) is 107 Å². The van der Waals surface area contributed by atoms with Crippen molar-refractivity contribution in [3.63, 3.8) is 0 Å². The van der Waals surface area contributed by atoms with Gasteiger partial charge in [-0.1, -0.05) is 18.2 Å². The molecule has 3 aromatic rings. The molecule has 2 aliphatic heterocycles. The number of ketones is 1. The number of aliphatic hydroxyl groups is 1. The summed E-state index contributed by atoms with van der Waals surface area (Å²) in [5.74, 6) is -0.0820. The molecule has 0 saturated carbocycles. The molecule has 2 atom stereocenters. The Morgan fingerprint density at radius 3 is 1.77 bits per heavy atom. The molecule has 1 fully saturated rings. The predicted octanol–water partition coefficient (Wildman–Crippen LogP) is 1.82. The van der Waals surface area contributed by atoms with Crippen LogP contribution in [0.5, 0.6) is 17.2 Å². The summed E-state index contributed by atoms with van der Waals surface area (Å²) in [6.45, 7) is 5.56. The molecule has 0 aliphatic carbocycles. The molecule has 16 nitrogen and oxygen atoms in total. The number of fused-ring (bicyclic) bond motifs is 1. The molecule has 5 rings (SSSR count). The van der Waals surface area contributed by atoms with Crippen molar-refractivity contribution in [3.05, 3.63) is 88.0 Å². The highest BCUT2D eigenvalue weighted by atomic mass is 16.6. The zero-order chi connectivity index (χ0) is 40.2. The summed E-state index contributed by atoms with van der Waals surface area (Å²) in [7, 11) is 2.93. The lowest BCUT2D eigenvalue weighted by Crippen LogP contribution is -2.51. The van der Waals surface area contributed by atoms with Gasteiger partial charge in [0.05, 0.1) is 106 Å². The summed E-state index contributed by atoms with van der Waals surface area (Å²) in [5, 5.41) is 17.9. The number of nitrogens with zero attached hydrogens (tertiary/aromatic N) is 1. The van der Waals surface area contributed by atoms with Crippen molar-refractivity contribution in [3.8, 4) is 17.2 Å². The Morgan fingerprint density at radius 1 is 0.667 bits per heavy atom. The summed E-state index contributed by atoms with van der Waals surface area (Å²) in [6.07, 6.45) is 1.80. The van der Waals surface area contributed by atoms with Crippen molar-refractivity contribution in [2.45, 2.75) is 18.6 Å². The van der Waals surface area contributed by atoms with Crippen molar-refractivity contribution >= 4 is 23.8 Å². The number of carbonyl (C=O) groups excluding carboxylic acids is 3. The summed E-state index contributed by atoms with van der Waals surface area (Å²) in [4.78, 5) is 44.5. The van der Waals surface area contributed by atoms with Gasteiger partial charge in [-0.25, -0.2) is 0 Å². The molecule has 0 unspecified atom stereocenters. The Labute approximate surface area is 332 Å². The topological polar surface area (TPSA) is 194 Å². The number of hydrogen-bond acceptors (Lipinski definition) is 14. The van der Waals surface area contributed by atoms with Crippen LogP contribution in [-0.2, 0) is 30.2 Å².